The molecule has 1 amide bonds. The van der Waals surface area contributed by atoms with E-state index in [-0.39, 0.29) is 11.9 Å². The third-order valence-electron chi connectivity index (χ3n) is 2.89. The summed E-state index contributed by atoms with van der Waals surface area (Å²) in [5, 5.41) is 8.16. The molecule has 2 aromatic rings. The van der Waals surface area contributed by atoms with Crippen LogP contribution in [0.4, 0.5) is 5.82 Å². The highest BCUT2D eigenvalue weighted by molar-refractivity contribution is 7.10. The summed E-state index contributed by atoms with van der Waals surface area (Å²) in [6, 6.07) is 7.61. The van der Waals surface area contributed by atoms with Crippen molar-refractivity contribution in [1.29, 1.82) is 0 Å². The Morgan fingerprint density at radius 2 is 2.25 bits per heavy atom. The van der Waals surface area contributed by atoms with Gasteiger partial charge in [0.1, 0.15) is 5.82 Å². The number of nitrogens with one attached hydrogen (secondary N) is 2. The number of amides is 1. The average Bonchev–Trinajstić information content (AvgIpc) is 2.92. The zero-order valence-corrected chi connectivity index (χ0v) is 12.8. The molecule has 2 N–H and O–H groups in total. The molecule has 0 aromatic carbocycles. The Kier molecular flexibility index (Phi) is 4.74. The maximum absolute atomic E-state index is 12.3. The second-order valence-corrected chi connectivity index (χ2v) is 5.60. The molecule has 0 aliphatic carbocycles. The van der Waals surface area contributed by atoms with Gasteiger partial charge in [0.25, 0.3) is 5.91 Å². The Hall–Kier alpha value is -1.88. The molecule has 0 spiro atoms. The van der Waals surface area contributed by atoms with Crippen LogP contribution in [0.3, 0.4) is 0 Å². The highest BCUT2D eigenvalue weighted by atomic mass is 32.1. The fraction of sp³-hybridized carbons (Fsp3) is 0.333. The molecule has 2 heterocycles. The topological polar surface area (TPSA) is 54.0 Å². The number of hydrogen-bond acceptors (Lipinski definition) is 4. The van der Waals surface area contributed by atoms with Crippen LogP contribution in [-0.4, -0.2) is 17.4 Å². The predicted octanol–water partition coefficient (Wildman–Crippen LogP) is 3.37. The van der Waals surface area contributed by atoms with Crippen LogP contribution in [0.1, 0.15) is 40.8 Å². The number of pyridine rings is 1. The van der Waals surface area contributed by atoms with E-state index in [1.165, 1.54) is 0 Å². The molecular formula is C15H19N3OS. The molecule has 20 heavy (non-hydrogen) atoms. The fourth-order valence-electron chi connectivity index (χ4n) is 1.96. The maximum Gasteiger partial charge on any atom is 0.251 e. The van der Waals surface area contributed by atoms with Gasteiger partial charge in [0.2, 0.25) is 0 Å². The van der Waals surface area contributed by atoms with Crippen LogP contribution in [0.15, 0.2) is 29.6 Å². The van der Waals surface area contributed by atoms with Crippen LogP contribution in [0.2, 0.25) is 0 Å². The minimum atomic E-state index is -0.0736. The lowest BCUT2D eigenvalue weighted by Gasteiger charge is -2.13. The van der Waals surface area contributed by atoms with Crippen molar-refractivity contribution in [3.05, 3.63) is 45.8 Å². The van der Waals surface area contributed by atoms with E-state index in [2.05, 4.69) is 15.6 Å². The summed E-state index contributed by atoms with van der Waals surface area (Å²) in [6.07, 6.45) is 0. The molecule has 5 heteroatoms. The van der Waals surface area contributed by atoms with E-state index in [4.69, 9.17) is 0 Å². The second-order valence-electron chi connectivity index (χ2n) is 4.62. The first-order chi connectivity index (χ1) is 9.60. The lowest BCUT2D eigenvalue weighted by molar-refractivity contribution is 0.0940. The molecule has 2 aromatic heterocycles. The highest BCUT2D eigenvalue weighted by Gasteiger charge is 2.13. The van der Waals surface area contributed by atoms with Gasteiger partial charge >= 0.3 is 0 Å². The first-order valence-corrected chi connectivity index (χ1v) is 7.55. The summed E-state index contributed by atoms with van der Waals surface area (Å²) in [7, 11) is 0. The largest absolute Gasteiger partial charge is 0.370 e. The summed E-state index contributed by atoms with van der Waals surface area (Å²) in [6.45, 7) is 6.66. The zero-order chi connectivity index (χ0) is 14.5. The van der Waals surface area contributed by atoms with Crippen molar-refractivity contribution in [1.82, 2.24) is 10.3 Å². The molecule has 0 bridgehead atoms. The lowest BCUT2D eigenvalue weighted by atomic mass is 10.2. The van der Waals surface area contributed by atoms with Crippen LogP contribution in [-0.2, 0) is 0 Å². The summed E-state index contributed by atoms with van der Waals surface area (Å²) in [5.41, 5.74) is 1.47. The molecule has 0 fully saturated rings. The van der Waals surface area contributed by atoms with Crippen molar-refractivity contribution in [2.75, 3.05) is 11.9 Å². The highest BCUT2D eigenvalue weighted by Crippen LogP contribution is 2.19. The van der Waals surface area contributed by atoms with Crippen LogP contribution in [0, 0.1) is 6.92 Å². The molecule has 0 aliphatic heterocycles. The van der Waals surface area contributed by atoms with E-state index in [0.717, 1.165) is 22.9 Å². The Labute approximate surface area is 123 Å². The minimum Gasteiger partial charge on any atom is -0.370 e. The van der Waals surface area contributed by atoms with Gasteiger partial charge in [-0.05, 0) is 44.4 Å². The van der Waals surface area contributed by atoms with Gasteiger partial charge in [0, 0.05) is 22.7 Å². The van der Waals surface area contributed by atoms with Crippen LogP contribution in [0.5, 0.6) is 0 Å². The van der Waals surface area contributed by atoms with Gasteiger partial charge < -0.3 is 10.6 Å². The summed E-state index contributed by atoms with van der Waals surface area (Å²) >= 11 is 1.64. The third kappa shape index (κ3) is 3.57. The SMILES string of the molecule is CCNc1cc(C(=O)NC(C)c2cccs2)cc(C)n1. The van der Waals surface area contributed by atoms with E-state index in [0.29, 0.717) is 5.56 Å². The summed E-state index contributed by atoms with van der Waals surface area (Å²) in [5.74, 6) is 0.664. The first kappa shape index (κ1) is 14.5. The summed E-state index contributed by atoms with van der Waals surface area (Å²) in [4.78, 5) is 17.8. The van der Waals surface area contributed by atoms with E-state index in [1.54, 1.807) is 23.5 Å². The van der Waals surface area contributed by atoms with Gasteiger partial charge in [-0.1, -0.05) is 6.07 Å². The lowest BCUT2D eigenvalue weighted by Crippen LogP contribution is -2.26. The normalized spacial score (nSPS) is 11.9. The standard InChI is InChI=1S/C15H19N3OS/c1-4-16-14-9-12(8-10(2)17-14)15(19)18-11(3)13-6-5-7-20-13/h5-9,11H,4H2,1-3H3,(H,16,17)(H,18,19). The number of carbonyl (C=O) groups excluding carboxylic acids is 1. The monoisotopic (exact) mass is 289 g/mol. The number of anilines is 1. The smallest absolute Gasteiger partial charge is 0.251 e. The quantitative estimate of drug-likeness (QED) is 0.887. The van der Waals surface area contributed by atoms with E-state index in [9.17, 15) is 4.79 Å². The van der Waals surface area contributed by atoms with Gasteiger partial charge in [-0.15, -0.1) is 11.3 Å². The molecule has 4 nitrogen and oxygen atoms in total. The zero-order valence-electron chi connectivity index (χ0n) is 11.9. The molecule has 1 unspecified atom stereocenters. The van der Waals surface area contributed by atoms with E-state index < -0.39 is 0 Å². The number of nitrogens with zero attached hydrogens (tertiary/aromatic N) is 1. The Bertz CT molecular complexity index is 581. The number of carbonyl (C=O) groups is 1. The minimum absolute atomic E-state index is 0.0126. The van der Waals surface area contributed by atoms with Gasteiger partial charge in [-0.2, -0.15) is 0 Å². The van der Waals surface area contributed by atoms with Crippen molar-refractivity contribution in [2.45, 2.75) is 26.8 Å². The van der Waals surface area contributed by atoms with Crippen molar-refractivity contribution < 1.29 is 4.79 Å². The van der Waals surface area contributed by atoms with Gasteiger partial charge in [0.15, 0.2) is 0 Å². The van der Waals surface area contributed by atoms with Crippen LogP contribution < -0.4 is 10.6 Å². The van der Waals surface area contributed by atoms with Crippen LogP contribution in [0.25, 0.3) is 0 Å². The molecule has 1 atom stereocenters. The third-order valence-corrected chi connectivity index (χ3v) is 3.95. The molecule has 0 saturated carbocycles. The number of aromatic nitrogens is 1. The number of rotatable bonds is 5. The predicted molar refractivity (Wildman–Crippen MR) is 83.3 cm³/mol. The average molecular weight is 289 g/mol. The first-order valence-electron chi connectivity index (χ1n) is 6.67. The van der Waals surface area contributed by atoms with Gasteiger partial charge in [-0.25, -0.2) is 4.98 Å². The molecule has 0 radical (unpaired) electrons. The molecule has 106 valence electrons. The molecule has 2 rings (SSSR count). The number of hydrogen-bond donors (Lipinski definition) is 2. The van der Waals surface area contributed by atoms with E-state index >= 15 is 0 Å². The van der Waals surface area contributed by atoms with Crippen molar-refractivity contribution >= 4 is 23.1 Å². The van der Waals surface area contributed by atoms with Crippen molar-refractivity contribution in [2.24, 2.45) is 0 Å². The van der Waals surface area contributed by atoms with Crippen molar-refractivity contribution in [3.63, 3.8) is 0 Å². The summed E-state index contributed by atoms with van der Waals surface area (Å²) < 4.78 is 0. The van der Waals surface area contributed by atoms with Gasteiger partial charge in [0.05, 0.1) is 6.04 Å². The molecular weight excluding hydrogens is 270 g/mol. The number of thiophene rings is 1. The van der Waals surface area contributed by atoms with Crippen LogP contribution >= 0.6 is 11.3 Å². The second kappa shape index (κ2) is 6.52. The van der Waals surface area contributed by atoms with E-state index in [1.807, 2.05) is 38.3 Å². The molecule has 0 saturated heterocycles. The molecule has 0 aliphatic rings. The van der Waals surface area contributed by atoms with Crippen molar-refractivity contribution in [3.8, 4) is 0 Å². The Balaban J connectivity index is 2.12. The van der Waals surface area contributed by atoms with Gasteiger partial charge in [-0.3, -0.25) is 4.79 Å². The fourth-order valence-corrected chi connectivity index (χ4v) is 2.69. The Morgan fingerprint density at radius 3 is 2.90 bits per heavy atom. The maximum atomic E-state index is 12.3. The Morgan fingerprint density at radius 1 is 1.45 bits per heavy atom. The number of aryl methyl sites for hydroxylation is 1.